The van der Waals surface area contributed by atoms with E-state index in [0.29, 0.717) is 23.9 Å². The molecule has 0 radical (unpaired) electrons. The molecule has 0 rings (SSSR count). The minimum absolute atomic E-state index is 0.0263. The molecule has 0 aromatic heterocycles. The van der Waals surface area contributed by atoms with Gasteiger partial charge in [-0.15, -0.1) is 0 Å². The van der Waals surface area contributed by atoms with Crippen LogP contribution < -0.4 is 0 Å². The van der Waals surface area contributed by atoms with Gasteiger partial charge in [-0.2, -0.15) is 0 Å². The number of carbonyl (C=O) groups excluding carboxylic acids is 2. The molecule has 0 amide bonds. The van der Waals surface area contributed by atoms with Crippen molar-refractivity contribution in [2.45, 2.75) is 123 Å². The summed E-state index contributed by atoms with van der Waals surface area (Å²) in [5, 5.41) is 0. The fraction of sp³-hybridized carbons (Fsp3) is 0.500. The largest absolute Gasteiger partial charge is 0.472 e. The third-order valence-corrected chi connectivity index (χ3v) is 9.46. The zero-order valence-electron chi connectivity index (χ0n) is 38.8. The molecule has 0 aliphatic carbocycles. The smallest absolute Gasteiger partial charge is 0.463 e. The molecule has 0 saturated heterocycles. The fourth-order valence-corrected chi connectivity index (χ4v) is 5.83. The Bertz CT molecular complexity index is 1460. The molecule has 0 saturated carbocycles. The first-order valence-electron chi connectivity index (χ1n) is 22.6. The van der Waals surface area contributed by atoms with E-state index in [1.807, 2.05) is 45.4 Å². The van der Waals surface area contributed by atoms with Crippen LogP contribution in [0, 0.1) is 0 Å². The summed E-state index contributed by atoms with van der Waals surface area (Å²) < 4.78 is 34.3. The molecule has 0 aromatic rings. The van der Waals surface area contributed by atoms with Crippen molar-refractivity contribution in [3.63, 3.8) is 0 Å². The molecule has 0 fully saturated rings. The normalized spacial score (nSPS) is 14.4. The Morgan fingerprint density at radius 3 is 1.03 bits per heavy atom. The van der Waals surface area contributed by atoms with E-state index in [1.165, 1.54) is 0 Å². The molecule has 0 bridgehead atoms. The summed E-state index contributed by atoms with van der Waals surface area (Å²) in [4.78, 5) is 35.3. The quantitative estimate of drug-likeness (QED) is 0.0283. The molecule has 0 heterocycles. The number of rotatable bonds is 38. The number of ether oxygens (including phenoxy) is 2. The Kier molecular flexibility index (Phi) is 39.4. The maximum absolute atomic E-state index is 12.7. The number of carbonyl (C=O) groups is 2. The van der Waals surface area contributed by atoms with E-state index in [0.717, 1.165) is 77.0 Å². The van der Waals surface area contributed by atoms with Gasteiger partial charge in [0.1, 0.15) is 32.5 Å². The molecule has 1 N–H and O–H groups in total. The van der Waals surface area contributed by atoms with Crippen LogP contribution in [-0.2, 0) is 32.7 Å². The van der Waals surface area contributed by atoms with Gasteiger partial charge in [-0.05, 0) is 89.9 Å². The summed E-state index contributed by atoms with van der Waals surface area (Å²) >= 11 is 0. The van der Waals surface area contributed by atoms with Gasteiger partial charge in [-0.25, -0.2) is 4.57 Å². The van der Waals surface area contributed by atoms with E-state index in [4.69, 9.17) is 18.5 Å². The third-order valence-electron chi connectivity index (χ3n) is 8.38. The van der Waals surface area contributed by atoms with Crippen LogP contribution in [0.5, 0.6) is 0 Å². The average molecular weight is 879 g/mol. The number of hydrogen-bond acceptors (Lipinski definition) is 7. The van der Waals surface area contributed by atoms with Gasteiger partial charge in [0, 0.05) is 12.8 Å². The maximum atomic E-state index is 12.7. The van der Waals surface area contributed by atoms with Crippen LogP contribution >= 0.6 is 7.82 Å². The summed E-state index contributed by atoms with van der Waals surface area (Å²) in [6.07, 6.45) is 62.1. The number of allylic oxidation sites excluding steroid dienone is 24. The van der Waals surface area contributed by atoms with E-state index in [2.05, 4.69) is 135 Å². The van der Waals surface area contributed by atoms with Gasteiger partial charge in [0.2, 0.25) is 0 Å². The molecule has 10 heteroatoms. The molecule has 0 spiro atoms. The Hall–Kier alpha value is -4.11. The predicted molar refractivity (Wildman–Crippen MR) is 260 cm³/mol. The Balaban J connectivity index is 4.57. The lowest BCUT2D eigenvalue weighted by molar-refractivity contribution is -0.870. The van der Waals surface area contributed by atoms with Crippen molar-refractivity contribution in [3.8, 4) is 0 Å². The summed E-state index contributed by atoms with van der Waals surface area (Å²) in [6.45, 7) is 3.98. The zero-order valence-corrected chi connectivity index (χ0v) is 39.7. The lowest BCUT2D eigenvalue weighted by Gasteiger charge is -2.25. The Morgan fingerprint density at radius 1 is 0.484 bits per heavy atom. The summed E-state index contributed by atoms with van der Waals surface area (Å²) in [6, 6.07) is 0. The number of quaternary nitrogens is 1. The monoisotopic (exact) mass is 879 g/mol. The molecular formula is C52H81NO8P+. The van der Waals surface area contributed by atoms with Crippen LogP contribution in [-0.4, -0.2) is 74.9 Å². The number of likely N-dealkylation sites (N-methyl/N-ethyl adjacent to an activating group) is 1. The highest BCUT2D eigenvalue weighted by atomic mass is 31.2. The van der Waals surface area contributed by atoms with Crippen molar-refractivity contribution in [1.82, 2.24) is 0 Å². The van der Waals surface area contributed by atoms with Crippen molar-refractivity contribution in [1.29, 1.82) is 0 Å². The van der Waals surface area contributed by atoms with Crippen LogP contribution in [0.1, 0.15) is 117 Å². The first-order valence-corrected chi connectivity index (χ1v) is 24.1. The topological polar surface area (TPSA) is 108 Å². The number of esters is 2. The molecule has 1 atom stereocenters. The van der Waals surface area contributed by atoms with Crippen LogP contribution in [0.4, 0.5) is 0 Å². The minimum Gasteiger partial charge on any atom is -0.463 e. The fourth-order valence-electron chi connectivity index (χ4n) is 4.96. The molecule has 9 nitrogen and oxygen atoms in total. The molecule has 0 aliphatic rings. The first kappa shape index (κ1) is 57.9. The highest BCUT2D eigenvalue weighted by Crippen LogP contribution is 2.44. The summed E-state index contributed by atoms with van der Waals surface area (Å²) in [5.74, 6) is -0.998. The molecule has 62 heavy (non-hydrogen) atoms. The number of hydrogen-bond donors (Lipinski definition) is 1. The molecule has 0 aliphatic heterocycles. The van der Waals surface area contributed by atoms with Gasteiger partial charge in [-0.1, -0.05) is 160 Å². The second-order valence-corrected chi connectivity index (χ2v) is 16.7. The Morgan fingerprint density at radius 2 is 0.758 bits per heavy atom. The lowest BCUT2D eigenvalue weighted by Crippen LogP contribution is -2.37. The van der Waals surface area contributed by atoms with E-state index >= 15 is 0 Å². The van der Waals surface area contributed by atoms with E-state index in [-0.39, 0.29) is 32.7 Å². The van der Waals surface area contributed by atoms with Gasteiger partial charge in [0.25, 0.3) is 0 Å². The first-order chi connectivity index (χ1) is 30.0. The van der Waals surface area contributed by atoms with E-state index in [9.17, 15) is 19.0 Å². The SMILES string of the molecule is CC/C=C\C/C=C\C/C=C\C/C=C\C/C=C\C/C=C\CCC(=O)OCC(COC(=O)CC/C=C\C/C=C\C/C=C\C/C=C\C/C=C\C/C=C\CC)OP(=O)(O)OCC[N+](C)(C)C. The van der Waals surface area contributed by atoms with Gasteiger partial charge in [0.15, 0.2) is 0 Å². The maximum Gasteiger partial charge on any atom is 0.472 e. The van der Waals surface area contributed by atoms with Crippen molar-refractivity contribution >= 4 is 19.8 Å². The van der Waals surface area contributed by atoms with Crippen molar-refractivity contribution < 1.29 is 42.1 Å². The predicted octanol–water partition coefficient (Wildman–Crippen LogP) is 13.2. The molecule has 346 valence electrons. The highest BCUT2D eigenvalue weighted by Gasteiger charge is 2.29. The van der Waals surface area contributed by atoms with E-state index < -0.39 is 25.9 Å². The second-order valence-electron chi connectivity index (χ2n) is 15.3. The molecule has 0 aromatic carbocycles. The Labute approximate surface area is 376 Å². The van der Waals surface area contributed by atoms with E-state index in [1.54, 1.807) is 0 Å². The summed E-state index contributed by atoms with van der Waals surface area (Å²) in [7, 11) is 1.26. The van der Waals surface area contributed by atoms with Crippen molar-refractivity contribution in [2.75, 3.05) is 47.5 Å². The van der Waals surface area contributed by atoms with Gasteiger partial charge in [0.05, 0.1) is 21.1 Å². The highest BCUT2D eigenvalue weighted by molar-refractivity contribution is 7.47. The van der Waals surface area contributed by atoms with Crippen LogP contribution in [0.3, 0.4) is 0 Å². The zero-order chi connectivity index (χ0) is 45.7. The lowest BCUT2D eigenvalue weighted by atomic mass is 10.2. The average Bonchev–Trinajstić information content (AvgIpc) is 3.22. The van der Waals surface area contributed by atoms with Crippen LogP contribution in [0.2, 0.25) is 0 Å². The summed E-state index contributed by atoms with van der Waals surface area (Å²) in [5.41, 5.74) is 0. The van der Waals surface area contributed by atoms with Crippen LogP contribution in [0.15, 0.2) is 146 Å². The number of nitrogens with zero attached hydrogens (tertiary/aromatic N) is 1. The standard InChI is InChI=1S/C52H80NO8P/c1-6-8-10-12-14-16-18-20-22-24-26-28-30-32-34-36-38-40-42-44-51(54)58-48-50(61-62(56,57)60-47-46-53(3,4)5)49-59-52(55)45-43-41-39-37-35-33-31-29-27-25-23-21-19-17-15-13-11-9-7-2/h8-11,14-17,20-23,26-29,32-35,38-41,50H,6-7,12-13,18-19,24-25,30-31,36-37,42-49H2,1-5H3/p+1/b10-8-,11-9-,16-14-,17-15-,22-20-,23-21-,28-26-,29-27-,34-32-,35-33-,40-38-,41-39-. The minimum atomic E-state index is -4.52. The molecule has 1 unspecified atom stereocenters. The van der Waals surface area contributed by atoms with Crippen molar-refractivity contribution in [2.24, 2.45) is 0 Å². The van der Waals surface area contributed by atoms with Crippen LogP contribution in [0.25, 0.3) is 0 Å². The van der Waals surface area contributed by atoms with Gasteiger partial charge >= 0.3 is 19.8 Å². The number of phosphoric acid groups is 1. The van der Waals surface area contributed by atoms with Gasteiger partial charge in [-0.3, -0.25) is 18.6 Å². The third kappa shape index (κ3) is 45.4. The van der Waals surface area contributed by atoms with Crippen molar-refractivity contribution in [3.05, 3.63) is 146 Å². The van der Waals surface area contributed by atoms with Gasteiger partial charge < -0.3 is 18.9 Å². The molecular weight excluding hydrogens is 798 g/mol. The second kappa shape index (κ2) is 42.2. The number of phosphoric ester groups is 1.